The number of aromatic nitrogens is 1. The van der Waals surface area contributed by atoms with Crippen molar-refractivity contribution in [2.75, 3.05) is 17.7 Å². The molecule has 0 aliphatic rings. The van der Waals surface area contributed by atoms with Crippen molar-refractivity contribution in [2.45, 2.75) is 6.92 Å². The number of para-hydroxylation sites is 1. The number of amides is 2. The molecule has 2 amide bonds. The lowest BCUT2D eigenvalue weighted by atomic mass is 10.1. The number of rotatable bonds is 5. The molecule has 0 radical (unpaired) electrons. The highest BCUT2D eigenvalue weighted by Gasteiger charge is 2.13. The highest BCUT2D eigenvalue weighted by molar-refractivity contribution is 6.08. The third-order valence-electron chi connectivity index (χ3n) is 3.98. The monoisotopic (exact) mass is 361 g/mol. The first kappa shape index (κ1) is 18.1. The van der Waals surface area contributed by atoms with Gasteiger partial charge in [0.25, 0.3) is 11.8 Å². The predicted molar refractivity (Wildman–Crippen MR) is 104 cm³/mol. The summed E-state index contributed by atoms with van der Waals surface area (Å²) in [5, 5.41) is 5.59. The summed E-state index contributed by atoms with van der Waals surface area (Å²) < 4.78 is 5.14. The van der Waals surface area contributed by atoms with E-state index >= 15 is 0 Å². The molecule has 0 saturated carbocycles. The number of anilines is 2. The second-order valence-corrected chi connectivity index (χ2v) is 5.88. The molecule has 0 atom stereocenters. The van der Waals surface area contributed by atoms with Crippen LogP contribution in [0.2, 0.25) is 0 Å². The lowest BCUT2D eigenvalue weighted by Crippen LogP contribution is -2.17. The summed E-state index contributed by atoms with van der Waals surface area (Å²) in [6.45, 7) is 1.90. The van der Waals surface area contributed by atoms with Gasteiger partial charge in [-0.3, -0.25) is 14.6 Å². The van der Waals surface area contributed by atoms with E-state index in [4.69, 9.17) is 4.74 Å². The Hall–Kier alpha value is -3.67. The van der Waals surface area contributed by atoms with Gasteiger partial charge >= 0.3 is 0 Å². The van der Waals surface area contributed by atoms with Gasteiger partial charge in [0, 0.05) is 29.2 Å². The molecule has 2 aromatic carbocycles. The molecule has 1 heterocycles. The highest BCUT2D eigenvalue weighted by Crippen LogP contribution is 2.18. The van der Waals surface area contributed by atoms with Gasteiger partial charge in [0.2, 0.25) is 0 Å². The smallest absolute Gasteiger partial charge is 0.274 e. The predicted octanol–water partition coefficient (Wildman–Crippen LogP) is 3.90. The lowest BCUT2D eigenvalue weighted by molar-refractivity contribution is 0.102. The van der Waals surface area contributed by atoms with E-state index in [9.17, 15) is 9.59 Å². The second-order valence-electron chi connectivity index (χ2n) is 5.88. The van der Waals surface area contributed by atoms with Gasteiger partial charge < -0.3 is 15.4 Å². The topological polar surface area (TPSA) is 80.3 Å². The van der Waals surface area contributed by atoms with Gasteiger partial charge in [-0.15, -0.1) is 0 Å². The summed E-state index contributed by atoms with van der Waals surface area (Å²) >= 11 is 0. The van der Waals surface area contributed by atoms with E-state index in [1.54, 1.807) is 37.4 Å². The van der Waals surface area contributed by atoms with E-state index < -0.39 is 0 Å². The number of nitrogens with one attached hydrogen (secondary N) is 2. The van der Waals surface area contributed by atoms with E-state index in [0.29, 0.717) is 22.7 Å². The van der Waals surface area contributed by atoms with Gasteiger partial charge in [-0.2, -0.15) is 0 Å². The summed E-state index contributed by atoms with van der Waals surface area (Å²) in [6, 6.07) is 17.5. The number of hydrogen-bond donors (Lipinski definition) is 2. The molecule has 0 saturated heterocycles. The van der Waals surface area contributed by atoms with Crippen molar-refractivity contribution in [3.63, 3.8) is 0 Å². The Morgan fingerprint density at radius 1 is 0.926 bits per heavy atom. The number of benzene rings is 2. The molecule has 6 nitrogen and oxygen atoms in total. The van der Waals surface area contributed by atoms with Gasteiger partial charge in [-0.25, -0.2) is 0 Å². The van der Waals surface area contributed by atoms with E-state index in [-0.39, 0.29) is 17.5 Å². The number of carbonyl (C=O) groups excluding carboxylic acids is 2. The van der Waals surface area contributed by atoms with Gasteiger partial charge in [-0.05, 0) is 42.8 Å². The van der Waals surface area contributed by atoms with Crippen molar-refractivity contribution < 1.29 is 14.3 Å². The normalized spacial score (nSPS) is 10.1. The molecule has 0 fully saturated rings. The Balaban J connectivity index is 1.75. The van der Waals surface area contributed by atoms with Gasteiger partial charge in [-0.1, -0.05) is 24.3 Å². The number of pyridine rings is 1. The number of hydrogen-bond acceptors (Lipinski definition) is 4. The lowest BCUT2D eigenvalue weighted by Gasteiger charge is -2.09. The Bertz CT molecular complexity index is 986. The molecule has 0 bridgehead atoms. The molecule has 136 valence electrons. The summed E-state index contributed by atoms with van der Waals surface area (Å²) in [7, 11) is 1.56. The number of ether oxygens (including phenoxy) is 1. The van der Waals surface area contributed by atoms with Crippen LogP contribution in [0.25, 0.3) is 0 Å². The molecule has 3 rings (SSSR count). The Labute approximate surface area is 157 Å². The van der Waals surface area contributed by atoms with Crippen LogP contribution >= 0.6 is 0 Å². The zero-order valence-corrected chi connectivity index (χ0v) is 15.0. The van der Waals surface area contributed by atoms with Crippen LogP contribution in [-0.2, 0) is 0 Å². The van der Waals surface area contributed by atoms with Crippen LogP contribution in [0.15, 0.2) is 66.9 Å². The molecule has 2 N–H and O–H groups in total. The van der Waals surface area contributed by atoms with Crippen LogP contribution < -0.4 is 15.4 Å². The van der Waals surface area contributed by atoms with E-state index in [1.165, 1.54) is 12.3 Å². The fourth-order valence-electron chi connectivity index (χ4n) is 2.50. The summed E-state index contributed by atoms with van der Waals surface area (Å²) in [5.41, 5.74) is 2.75. The van der Waals surface area contributed by atoms with Crippen molar-refractivity contribution in [3.05, 3.63) is 83.7 Å². The van der Waals surface area contributed by atoms with Crippen LogP contribution in [0.1, 0.15) is 26.4 Å². The van der Waals surface area contributed by atoms with Crippen LogP contribution in [0.4, 0.5) is 11.4 Å². The van der Waals surface area contributed by atoms with Crippen molar-refractivity contribution in [1.29, 1.82) is 0 Å². The first-order chi connectivity index (χ1) is 13.1. The molecule has 0 unspecified atom stereocenters. The van der Waals surface area contributed by atoms with E-state index in [2.05, 4.69) is 15.6 Å². The number of aryl methyl sites for hydroxylation is 1. The SMILES string of the molecule is COc1cccc(NC(=O)c2ccnc(C(=O)Nc3ccccc3C)c2)c1. The quantitative estimate of drug-likeness (QED) is 0.722. The third kappa shape index (κ3) is 4.49. The molecule has 0 aliphatic carbocycles. The number of nitrogens with zero attached hydrogens (tertiary/aromatic N) is 1. The summed E-state index contributed by atoms with van der Waals surface area (Å²) in [4.78, 5) is 29.0. The maximum Gasteiger partial charge on any atom is 0.274 e. The average molecular weight is 361 g/mol. The van der Waals surface area contributed by atoms with E-state index in [0.717, 1.165) is 5.56 Å². The largest absolute Gasteiger partial charge is 0.497 e. The fourth-order valence-corrected chi connectivity index (χ4v) is 2.50. The minimum absolute atomic E-state index is 0.163. The maximum absolute atomic E-state index is 12.5. The van der Waals surface area contributed by atoms with Crippen LogP contribution in [0, 0.1) is 6.92 Å². The molecule has 3 aromatic rings. The van der Waals surface area contributed by atoms with E-state index in [1.807, 2.05) is 31.2 Å². The first-order valence-electron chi connectivity index (χ1n) is 8.35. The molecule has 27 heavy (non-hydrogen) atoms. The minimum atomic E-state index is -0.375. The highest BCUT2D eigenvalue weighted by atomic mass is 16.5. The third-order valence-corrected chi connectivity index (χ3v) is 3.98. The molecular formula is C21H19N3O3. The Morgan fingerprint density at radius 2 is 1.74 bits per heavy atom. The minimum Gasteiger partial charge on any atom is -0.497 e. The van der Waals surface area contributed by atoms with Gasteiger partial charge in [0.15, 0.2) is 0 Å². The standard InChI is InChI=1S/C21H19N3O3/c1-14-6-3-4-9-18(14)24-21(26)19-12-15(10-11-22-19)20(25)23-16-7-5-8-17(13-16)27-2/h3-13H,1-2H3,(H,23,25)(H,24,26). The zero-order chi connectivity index (χ0) is 19.2. The van der Waals surface area contributed by atoms with Crippen molar-refractivity contribution in [1.82, 2.24) is 4.98 Å². The number of carbonyl (C=O) groups is 2. The first-order valence-corrected chi connectivity index (χ1v) is 8.35. The van der Waals surface area contributed by atoms with Crippen LogP contribution in [0.5, 0.6) is 5.75 Å². The number of methoxy groups -OCH3 is 1. The zero-order valence-electron chi connectivity index (χ0n) is 15.0. The molecule has 1 aromatic heterocycles. The maximum atomic E-state index is 12.5. The van der Waals surface area contributed by atoms with Crippen LogP contribution in [0.3, 0.4) is 0 Å². The molecular weight excluding hydrogens is 342 g/mol. The van der Waals surface area contributed by atoms with Crippen LogP contribution in [-0.4, -0.2) is 23.9 Å². The summed E-state index contributed by atoms with van der Waals surface area (Å²) in [6.07, 6.45) is 1.44. The Morgan fingerprint density at radius 3 is 2.52 bits per heavy atom. The van der Waals surface area contributed by atoms with Crippen molar-refractivity contribution in [2.24, 2.45) is 0 Å². The van der Waals surface area contributed by atoms with Crippen molar-refractivity contribution >= 4 is 23.2 Å². The van der Waals surface area contributed by atoms with Gasteiger partial charge in [0.05, 0.1) is 7.11 Å². The molecule has 6 heteroatoms. The molecule has 0 spiro atoms. The fraction of sp³-hybridized carbons (Fsp3) is 0.0952. The Kier molecular flexibility index (Phi) is 5.47. The van der Waals surface area contributed by atoms with Crippen molar-refractivity contribution in [3.8, 4) is 5.75 Å². The second kappa shape index (κ2) is 8.14. The van der Waals surface area contributed by atoms with Gasteiger partial charge in [0.1, 0.15) is 11.4 Å². The summed E-state index contributed by atoms with van der Waals surface area (Å²) in [5.74, 6) is -0.0725. The average Bonchev–Trinajstić information content (AvgIpc) is 2.70. The molecule has 0 aliphatic heterocycles.